The van der Waals surface area contributed by atoms with Crippen LogP contribution in [0.3, 0.4) is 0 Å². The van der Waals surface area contributed by atoms with Crippen molar-refractivity contribution in [1.29, 1.82) is 5.26 Å². The molecule has 3 aromatic rings. The number of hydrogen-bond acceptors (Lipinski definition) is 5. The van der Waals surface area contributed by atoms with Crippen molar-refractivity contribution in [2.75, 3.05) is 0 Å². The van der Waals surface area contributed by atoms with Crippen molar-refractivity contribution in [3.63, 3.8) is 0 Å². The number of aromatic amines is 1. The molecule has 1 saturated carbocycles. The minimum absolute atomic E-state index is 0.0260. The van der Waals surface area contributed by atoms with Crippen LogP contribution in [0.4, 0.5) is 0 Å². The van der Waals surface area contributed by atoms with E-state index in [4.69, 9.17) is 0 Å². The number of nitrogens with one attached hydrogen (secondary N) is 1. The number of pyridine rings is 1. The van der Waals surface area contributed by atoms with Crippen molar-refractivity contribution in [2.24, 2.45) is 5.41 Å². The summed E-state index contributed by atoms with van der Waals surface area (Å²) in [5.41, 5.74) is 3.63. The first-order chi connectivity index (χ1) is 15.3. The highest BCUT2D eigenvalue weighted by Crippen LogP contribution is 2.59. The highest BCUT2D eigenvalue weighted by molar-refractivity contribution is 9.10. The van der Waals surface area contributed by atoms with E-state index in [1.54, 1.807) is 0 Å². The number of aryl methyl sites for hydroxylation is 1. The quantitative estimate of drug-likeness (QED) is 0.548. The molecule has 32 heavy (non-hydrogen) atoms. The van der Waals surface area contributed by atoms with Gasteiger partial charge in [0.05, 0.1) is 30.1 Å². The highest BCUT2D eigenvalue weighted by atomic mass is 79.9. The number of likely N-dealkylation sites (tertiary alicyclic amines) is 1. The SMILES string of the molecule is Cc1ccc(Br)nc1CC(=O)[C@@H]1C[C@@]2(C)C[C@H]2N1C(=O)Cc1ccc2[nH]nc(C#N)c2c1. The molecule has 3 atom stereocenters. The molecule has 7 nitrogen and oxygen atoms in total. The monoisotopic (exact) mass is 491 g/mol. The second kappa shape index (κ2) is 7.52. The molecule has 0 bridgehead atoms. The lowest BCUT2D eigenvalue weighted by molar-refractivity contribution is -0.138. The molecule has 5 rings (SSSR count). The molecule has 1 aromatic carbocycles. The van der Waals surface area contributed by atoms with Crippen LogP contribution in [-0.4, -0.2) is 43.9 Å². The van der Waals surface area contributed by atoms with Gasteiger partial charge in [0, 0.05) is 11.4 Å². The number of piperidine rings is 1. The number of benzene rings is 1. The third kappa shape index (κ3) is 3.51. The first kappa shape index (κ1) is 20.8. The molecule has 0 unspecified atom stereocenters. The molecule has 1 aliphatic carbocycles. The van der Waals surface area contributed by atoms with Gasteiger partial charge in [-0.3, -0.25) is 14.7 Å². The molecule has 1 saturated heterocycles. The molecular weight excluding hydrogens is 470 g/mol. The molecule has 0 radical (unpaired) electrons. The number of hydrogen-bond donors (Lipinski definition) is 1. The van der Waals surface area contributed by atoms with Gasteiger partial charge < -0.3 is 4.90 Å². The zero-order chi connectivity index (χ0) is 22.6. The largest absolute Gasteiger partial charge is 0.329 e. The number of ketones is 1. The molecule has 1 aliphatic heterocycles. The maximum Gasteiger partial charge on any atom is 0.227 e. The van der Waals surface area contributed by atoms with E-state index >= 15 is 0 Å². The number of Topliss-reactive ketones (excluding diaryl/α,β-unsaturated/α-hetero) is 1. The van der Waals surface area contributed by atoms with Crippen LogP contribution in [0.1, 0.15) is 42.3 Å². The van der Waals surface area contributed by atoms with E-state index in [0.29, 0.717) is 22.1 Å². The van der Waals surface area contributed by atoms with Crippen LogP contribution < -0.4 is 0 Å². The molecule has 1 N–H and O–H groups in total. The first-order valence-corrected chi connectivity index (χ1v) is 11.4. The van der Waals surface area contributed by atoms with Gasteiger partial charge in [-0.05, 0) is 70.4 Å². The summed E-state index contributed by atoms with van der Waals surface area (Å²) in [6, 6.07) is 11.1. The Labute approximate surface area is 193 Å². The normalized spacial score (nSPS) is 23.8. The minimum atomic E-state index is -0.418. The Morgan fingerprint density at radius 1 is 1.28 bits per heavy atom. The smallest absolute Gasteiger partial charge is 0.227 e. The summed E-state index contributed by atoms with van der Waals surface area (Å²) in [5.74, 6) is -0.00706. The second-order valence-electron chi connectivity index (χ2n) is 9.18. The highest BCUT2D eigenvalue weighted by Gasteiger charge is 2.63. The van der Waals surface area contributed by atoms with Crippen LogP contribution >= 0.6 is 15.9 Å². The topological polar surface area (TPSA) is 103 Å². The fraction of sp³-hybridized carbons (Fsp3) is 0.375. The third-order valence-corrected chi connectivity index (χ3v) is 7.33. The summed E-state index contributed by atoms with van der Waals surface area (Å²) in [6.07, 6.45) is 2.05. The van der Waals surface area contributed by atoms with Gasteiger partial charge in [0.2, 0.25) is 5.91 Å². The molecule has 162 valence electrons. The van der Waals surface area contributed by atoms with Crippen molar-refractivity contribution >= 4 is 38.5 Å². The maximum atomic E-state index is 13.4. The Morgan fingerprint density at radius 2 is 2.09 bits per heavy atom. The fourth-order valence-electron chi connectivity index (χ4n) is 4.94. The summed E-state index contributed by atoms with van der Waals surface area (Å²) >= 11 is 3.38. The van der Waals surface area contributed by atoms with E-state index < -0.39 is 6.04 Å². The average molecular weight is 492 g/mol. The van der Waals surface area contributed by atoms with Gasteiger partial charge in [-0.25, -0.2) is 4.98 Å². The summed E-state index contributed by atoms with van der Waals surface area (Å²) in [7, 11) is 0. The molecular formula is C24H22BrN5O2. The van der Waals surface area contributed by atoms with E-state index in [2.05, 4.69) is 44.1 Å². The van der Waals surface area contributed by atoms with Crippen LogP contribution in [0.2, 0.25) is 0 Å². The summed E-state index contributed by atoms with van der Waals surface area (Å²) < 4.78 is 0.700. The molecule has 2 aliphatic rings. The molecule has 2 fully saturated rings. The Morgan fingerprint density at radius 3 is 2.88 bits per heavy atom. The van der Waals surface area contributed by atoms with E-state index in [9.17, 15) is 14.9 Å². The van der Waals surface area contributed by atoms with Gasteiger partial charge in [0.25, 0.3) is 0 Å². The number of H-pyrrole nitrogens is 1. The maximum absolute atomic E-state index is 13.4. The van der Waals surface area contributed by atoms with Gasteiger partial charge in [-0.1, -0.05) is 19.1 Å². The summed E-state index contributed by atoms with van der Waals surface area (Å²) in [5, 5.41) is 16.8. The predicted molar refractivity (Wildman–Crippen MR) is 122 cm³/mol. The predicted octanol–water partition coefficient (Wildman–Crippen LogP) is 3.63. The van der Waals surface area contributed by atoms with Crippen molar-refractivity contribution in [3.8, 4) is 6.07 Å². The number of aromatic nitrogens is 3. The average Bonchev–Trinajstić information content (AvgIpc) is 3.11. The van der Waals surface area contributed by atoms with E-state index in [0.717, 1.165) is 28.8 Å². The lowest BCUT2D eigenvalue weighted by Gasteiger charge is -2.27. The Balaban J connectivity index is 1.37. The standard InChI is InChI=1S/C24H22BrN5O2/c1-13-3-6-22(25)27-17(13)9-20(31)19-10-24(2)11-21(24)30(19)23(32)8-14-4-5-16-15(7-14)18(12-26)29-28-16/h3-7,19,21H,8-11H2,1-2H3,(H,28,29)/t19-,21+,24-/m0/s1. The Bertz CT molecular complexity index is 1310. The van der Waals surface area contributed by atoms with Gasteiger partial charge in [0.1, 0.15) is 10.7 Å². The van der Waals surface area contributed by atoms with Crippen molar-refractivity contribution < 1.29 is 9.59 Å². The van der Waals surface area contributed by atoms with Crippen LogP contribution in [0, 0.1) is 23.7 Å². The lowest BCUT2D eigenvalue weighted by Crippen LogP contribution is -2.44. The third-order valence-electron chi connectivity index (χ3n) is 6.89. The first-order valence-electron chi connectivity index (χ1n) is 10.6. The van der Waals surface area contributed by atoms with E-state index in [-0.39, 0.29) is 36.0 Å². The Kier molecular flexibility index (Phi) is 4.90. The number of rotatable bonds is 5. The van der Waals surface area contributed by atoms with Crippen molar-refractivity contribution in [2.45, 2.75) is 51.6 Å². The van der Waals surface area contributed by atoms with Crippen LogP contribution in [0.15, 0.2) is 34.9 Å². The van der Waals surface area contributed by atoms with Gasteiger partial charge in [-0.2, -0.15) is 10.4 Å². The van der Waals surface area contributed by atoms with Gasteiger partial charge in [-0.15, -0.1) is 0 Å². The zero-order valence-corrected chi connectivity index (χ0v) is 19.4. The number of carbonyl (C=O) groups excluding carboxylic acids is 2. The molecule has 8 heteroatoms. The number of nitrogens with zero attached hydrogens (tertiary/aromatic N) is 4. The number of amides is 1. The number of halogens is 1. The van der Waals surface area contributed by atoms with E-state index in [1.807, 2.05) is 42.2 Å². The fourth-order valence-corrected chi connectivity index (χ4v) is 5.28. The second-order valence-corrected chi connectivity index (χ2v) is 9.99. The van der Waals surface area contributed by atoms with Gasteiger partial charge >= 0.3 is 0 Å². The van der Waals surface area contributed by atoms with Crippen LogP contribution in [0.25, 0.3) is 10.9 Å². The number of fused-ring (bicyclic) bond motifs is 2. The van der Waals surface area contributed by atoms with Crippen molar-refractivity contribution in [3.05, 3.63) is 57.4 Å². The lowest BCUT2D eigenvalue weighted by atomic mass is 9.96. The van der Waals surface area contributed by atoms with Crippen molar-refractivity contribution in [1.82, 2.24) is 20.1 Å². The van der Waals surface area contributed by atoms with E-state index in [1.165, 1.54) is 0 Å². The minimum Gasteiger partial charge on any atom is -0.329 e. The number of carbonyl (C=O) groups is 2. The van der Waals surface area contributed by atoms with Crippen LogP contribution in [-0.2, 0) is 22.4 Å². The number of nitriles is 1. The molecule has 2 aromatic heterocycles. The molecule has 1 amide bonds. The summed E-state index contributed by atoms with van der Waals surface area (Å²) in [4.78, 5) is 32.9. The zero-order valence-electron chi connectivity index (χ0n) is 17.9. The molecule has 3 heterocycles. The van der Waals surface area contributed by atoms with Crippen LogP contribution in [0.5, 0.6) is 0 Å². The Hall–Kier alpha value is -3.05. The van der Waals surface area contributed by atoms with Gasteiger partial charge in [0.15, 0.2) is 11.5 Å². The summed E-state index contributed by atoms with van der Waals surface area (Å²) in [6.45, 7) is 4.10. The molecule has 0 spiro atoms.